The van der Waals surface area contributed by atoms with Gasteiger partial charge in [-0.2, -0.15) is 0 Å². The van der Waals surface area contributed by atoms with E-state index in [2.05, 4.69) is 4.72 Å². The van der Waals surface area contributed by atoms with Gasteiger partial charge in [-0.15, -0.1) is 0 Å². The van der Waals surface area contributed by atoms with Crippen molar-refractivity contribution < 1.29 is 17.9 Å². The van der Waals surface area contributed by atoms with Crippen LogP contribution in [0.2, 0.25) is 0 Å². The van der Waals surface area contributed by atoms with Crippen LogP contribution >= 0.6 is 0 Å². The third kappa shape index (κ3) is 2.93. The fourth-order valence-electron chi connectivity index (χ4n) is 1.96. The van der Waals surface area contributed by atoms with E-state index in [1.165, 1.54) is 12.1 Å². The smallest absolute Gasteiger partial charge is 0.240 e. The van der Waals surface area contributed by atoms with Gasteiger partial charge in [0.2, 0.25) is 16.8 Å². The average molecular weight is 306 g/mol. The molecule has 21 heavy (non-hydrogen) atoms. The third-order valence-electron chi connectivity index (χ3n) is 3.09. The Kier molecular flexibility index (Phi) is 3.44. The summed E-state index contributed by atoms with van der Waals surface area (Å²) in [6.45, 7) is 0.360. The maximum Gasteiger partial charge on any atom is 0.240 e. The highest BCUT2D eigenvalue weighted by Gasteiger charge is 2.16. The number of rotatable bonds is 4. The fraction of sp³-hybridized carbons (Fsp3) is 0.143. The van der Waals surface area contributed by atoms with Crippen molar-refractivity contribution in [3.63, 3.8) is 0 Å². The van der Waals surface area contributed by atoms with Gasteiger partial charge in [-0.25, -0.2) is 13.1 Å². The molecule has 0 atom stereocenters. The number of benzene rings is 2. The second-order valence-corrected chi connectivity index (χ2v) is 6.35. The minimum absolute atomic E-state index is 0.170. The van der Waals surface area contributed by atoms with E-state index in [4.69, 9.17) is 15.2 Å². The van der Waals surface area contributed by atoms with Crippen LogP contribution in [0.1, 0.15) is 5.56 Å². The Hall–Kier alpha value is -2.25. The minimum atomic E-state index is -3.57. The summed E-state index contributed by atoms with van der Waals surface area (Å²) in [5.74, 6) is 1.29. The van der Waals surface area contributed by atoms with Crippen LogP contribution in [0.5, 0.6) is 11.5 Å². The maximum atomic E-state index is 12.1. The van der Waals surface area contributed by atoms with Gasteiger partial charge in [0.05, 0.1) is 4.90 Å². The van der Waals surface area contributed by atoms with Crippen LogP contribution in [-0.2, 0) is 16.6 Å². The van der Waals surface area contributed by atoms with Gasteiger partial charge in [0.25, 0.3) is 0 Å². The molecular formula is C14H14N2O4S. The van der Waals surface area contributed by atoms with Crippen molar-refractivity contribution >= 4 is 15.7 Å². The average Bonchev–Trinajstić information content (AvgIpc) is 2.93. The van der Waals surface area contributed by atoms with Gasteiger partial charge in [-0.3, -0.25) is 0 Å². The SMILES string of the molecule is Nc1ccc(S(=O)(=O)NCc2ccc3c(c2)OCO3)cc1. The van der Waals surface area contributed by atoms with E-state index < -0.39 is 10.0 Å². The number of nitrogen functional groups attached to an aromatic ring is 1. The molecule has 3 N–H and O–H groups in total. The normalized spacial score (nSPS) is 13.3. The second kappa shape index (κ2) is 5.27. The van der Waals surface area contributed by atoms with Crippen LogP contribution in [0, 0.1) is 0 Å². The van der Waals surface area contributed by atoms with Crippen LogP contribution in [0.3, 0.4) is 0 Å². The lowest BCUT2D eigenvalue weighted by atomic mass is 10.2. The Morgan fingerprint density at radius 2 is 1.76 bits per heavy atom. The summed E-state index contributed by atoms with van der Waals surface area (Å²) in [6, 6.07) is 11.3. The second-order valence-electron chi connectivity index (χ2n) is 4.58. The van der Waals surface area contributed by atoms with Gasteiger partial charge in [-0.05, 0) is 42.0 Å². The molecule has 0 amide bonds. The Morgan fingerprint density at radius 3 is 2.52 bits per heavy atom. The Bertz CT molecular complexity index is 757. The van der Waals surface area contributed by atoms with Crippen molar-refractivity contribution in [2.24, 2.45) is 0 Å². The lowest BCUT2D eigenvalue weighted by Crippen LogP contribution is -2.23. The largest absolute Gasteiger partial charge is 0.454 e. The molecule has 0 radical (unpaired) electrons. The van der Waals surface area contributed by atoms with Crippen LogP contribution in [-0.4, -0.2) is 15.2 Å². The summed E-state index contributed by atoms with van der Waals surface area (Å²) in [5, 5.41) is 0. The number of ether oxygens (including phenoxy) is 2. The standard InChI is InChI=1S/C14H14N2O4S/c15-11-2-4-12(5-3-11)21(17,18)16-8-10-1-6-13-14(7-10)20-9-19-13/h1-7,16H,8-9,15H2. The minimum Gasteiger partial charge on any atom is -0.454 e. The first-order valence-electron chi connectivity index (χ1n) is 6.28. The molecule has 0 aliphatic carbocycles. The molecule has 1 heterocycles. The van der Waals surface area contributed by atoms with E-state index in [9.17, 15) is 8.42 Å². The van der Waals surface area contributed by atoms with Gasteiger partial charge >= 0.3 is 0 Å². The van der Waals surface area contributed by atoms with Crippen molar-refractivity contribution in [2.75, 3.05) is 12.5 Å². The van der Waals surface area contributed by atoms with E-state index in [0.717, 1.165) is 5.56 Å². The molecule has 0 unspecified atom stereocenters. The molecule has 0 aromatic heterocycles. The van der Waals surface area contributed by atoms with Crippen LogP contribution in [0.15, 0.2) is 47.4 Å². The molecule has 0 spiro atoms. The molecule has 0 bridgehead atoms. The van der Waals surface area contributed by atoms with Crippen molar-refractivity contribution in [3.05, 3.63) is 48.0 Å². The van der Waals surface area contributed by atoms with Crippen molar-refractivity contribution in [1.29, 1.82) is 0 Å². The van der Waals surface area contributed by atoms with Gasteiger partial charge < -0.3 is 15.2 Å². The summed E-state index contributed by atoms with van der Waals surface area (Å²) < 4.78 is 37.3. The first-order valence-corrected chi connectivity index (χ1v) is 7.77. The lowest BCUT2D eigenvalue weighted by Gasteiger charge is -2.07. The quantitative estimate of drug-likeness (QED) is 0.835. The number of sulfonamides is 1. The van der Waals surface area contributed by atoms with E-state index in [0.29, 0.717) is 17.2 Å². The number of fused-ring (bicyclic) bond motifs is 1. The molecule has 0 fully saturated rings. The van der Waals surface area contributed by atoms with E-state index in [-0.39, 0.29) is 18.2 Å². The number of hydrogen-bond donors (Lipinski definition) is 2. The summed E-state index contributed by atoms with van der Waals surface area (Å²) in [6.07, 6.45) is 0. The van der Waals surface area contributed by atoms with Crippen molar-refractivity contribution in [3.8, 4) is 11.5 Å². The predicted octanol–water partition coefficient (Wildman–Crippen LogP) is 1.48. The molecule has 110 valence electrons. The van der Waals surface area contributed by atoms with Gasteiger partial charge in [0.1, 0.15) is 0 Å². The molecule has 7 heteroatoms. The highest BCUT2D eigenvalue weighted by Crippen LogP contribution is 2.32. The Morgan fingerprint density at radius 1 is 1.05 bits per heavy atom. The third-order valence-corrected chi connectivity index (χ3v) is 4.51. The van der Waals surface area contributed by atoms with Crippen LogP contribution in [0.25, 0.3) is 0 Å². The summed E-state index contributed by atoms with van der Waals surface area (Å²) >= 11 is 0. The Labute approximate surface area is 122 Å². The molecule has 3 rings (SSSR count). The molecular weight excluding hydrogens is 292 g/mol. The summed E-state index contributed by atoms with van der Waals surface area (Å²) in [4.78, 5) is 0.178. The fourth-order valence-corrected chi connectivity index (χ4v) is 2.98. The van der Waals surface area contributed by atoms with Crippen molar-refractivity contribution in [1.82, 2.24) is 4.72 Å². The Balaban J connectivity index is 1.73. The molecule has 1 aliphatic heterocycles. The molecule has 1 aliphatic rings. The molecule has 2 aromatic carbocycles. The molecule has 2 aromatic rings. The van der Waals surface area contributed by atoms with Crippen LogP contribution < -0.4 is 19.9 Å². The highest BCUT2D eigenvalue weighted by atomic mass is 32.2. The predicted molar refractivity (Wildman–Crippen MR) is 77.4 cm³/mol. The maximum absolute atomic E-state index is 12.1. The topological polar surface area (TPSA) is 90.7 Å². The first kappa shape index (κ1) is 13.7. The zero-order valence-corrected chi connectivity index (χ0v) is 11.9. The number of nitrogens with two attached hydrogens (primary N) is 1. The van der Waals surface area contributed by atoms with Crippen LogP contribution in [0.4, 0.5) is 5.69 Å². The van der Waals surface area contributed by atoms with Gasteiger partial charge in [0, 0.05) is 12.2 Å². The summed E-state index contributed by atoms with van der Waals surface area (Å²) in [5.41, 5.74) is 6.85. The lowest BCUT2D eigenvalue weighted by molar-refractivity contribution is 0.174. The number of anilines is 1. The van der Waals surface area contributed by atoms with Gasteiger partial charge in [-0.1, -0.05) is 6.07 Å². The van der Waals surface area contributed by atoms with E-state index in [1.807, 2.05) is 0 Å². The zero-order valence-electron chi connectivity index (χ0n) is 11.1. The van der Waals surface area contributed by atoms with E-state index in [1.54, 1.807) is 30.3 Å². The monoisotopic (exact) mass is 306 g/mol. The van der Waals surface area contributed by atoms with Crippen molar-refractivity contribution in [2.45, 2.75) is 11.4 Å². The zero-order chi connectivity index (χ0) is 14.9. The molecule has 6 nitrogen and oxygen atoms in total. The molecule has 0 saturated carbocycles. The first-order chi connectivity index (χ1) is 10.0. The molecule has 0 saturated heterocycles. The number of nitrogens with one attached hydrogen (secondary N) is 1. The summed E-state index contributed by atoms with van der Waals surface area (Å²) in [7, 11) is -3.57. The number of hydrogen-bond acceptors (Lipinski definition) is 5. The van der Waals surface area contributed by atoms with Gasteiger partial charge in [0.15, 0.2) is 11.5 Å². The van der Waals surface area contributed by atoms with E-state index >= 15 is 0 Å². The highest BCUT2D eigenvalue weighted by molar-refractivity contribution is 7.89.